The number of ketones is 1. The van der Waals surface area contributed by atoms with Crippen molar-refractivity contribution in [2.45, 2.75) is 5.28 Å². The molecule has 1 aromatic heterocycles. The lowest BCUT2D eigenvalue weighted by Crippen LogP contribution is -2.49. The number of furan rings is 1. The largest absolute Gasteiger partial charge is 0.461 e. The molecule has 84 valence electrons. The van der Waals surface area contributed by atoms with Gasteiger partial charge in [-0.1, -0.05) is 0 Å². The molecule has 6 nitrogen and oxygen atoms in total. The highest BCUT2D eigenvalue weighted by Crippen LogP contribution is 2.49. The van der Waals surface area contributed by atoms with Gasteiger partial charge in [0, 0.05) is 0 Å². The molecule has 0 aromatic carbocycles. The number of Topliss-reactive ketones (excluding diaryl/α,β-unsaturated/α-hetero) is 1. The molecule has 0 bridgehead atoms. The summed E-state index contributed by atoms with van der Waals surface area (Å²) < 4.78 is 15.8. The van der Waals surface area contributed by atoms with Crippen LogP contribution in [-0.4, -0.2) is 26.7 Å². The smallest absolute Gasteiger partial charge is 0.354 e. The van der Waals surface area contributed by atoms with Gasteiger partial charge >= 0.3 is 7.60 Å². The van der Waals surface area contributed by atoms with Gasteiger partial charge < -0.3 is 19.9 Å². The Morgan fingerprint density at radius 1 is 1.67 bits per heavy atom. The van der Waals surface area contributed by atoms with Crippen LogP contribution >= 0.6 is 19.2 Å². The van der Waals surface area contributed by atoms with Gasteiger partial charge in [-0.3, -0.25) is 9.36 Å². The molecule has 0 aliphatic carbocycles. The Kier molecular flexibility index (Phi) is 3.38. The van der Waals surface area contributed by atoms with Crippen LogP contribution in [-0.2, 0) is 4.57 Å². The zero-order valence-corrected chi connectivity index (χ0v) is 9.11. The van der Waals surface area contributed by atoms with Crippen molar-refractivity contribution in [2.75, 3.05) is 5.88 Å². The Balaban J connectivity index is 3.14. The van der Waals surface area contributed by atoms with Crippen LogP contribution in [0.25, 0.3) is 0 Å². The molecule has 15 heavy (non-hydrogen) atoms. The predicted molar refractivity (Wildman–Crippen MR) is 52.7 cm³/mol. The van der Waals surface area contributed by atoms with Crippen molar-refractivity contribution >= 4 is 25.0 Å². The van der Waals surface area contributed by atoms with E-state index in [1.807, 2.05) is 0 Å². The monoisotopic (exact) mass is 253 g/mol. The fraction of sp³-hybridized carbons (Fsp3) is 0.286. The summed E-state index contributed by atoms with van der Waals surface area (Å²) in [6.07, 6.45) is 1.20. The van der Waals surface area contributed by atoms with E-state index in [2.05, 4.69) is 0 Å². The Morgan fingerprint density at radius 3 is 2.60 bits per heavy atom. The fourth-order valence-electron chi connectivity index (χ4n) is 0.892. The average Bonchev–Trinajstić information content (AvgIpc) is 2.66. The highest BCUT2D eigenvalue weighted by molar-refractivity contribution is 7.55. The maximum Gasteiger partial charge on any atom is 0.354 e. The minimum absolute atomic E-state index is 0.235. The zero-order chi connectivity index (χ0) is 11.7. The molecule has 0 amide bonds. The van der Waals surface area contributed by atoms with Crippen LogP contribution in [0.3, 0.4) is 0 Å². The van der Waals surface area contributed by atoms with Gasteiger partial charge in [-0.2, -0.15) is 0 Å². The first kappa shape index (κ1) is 12.4. The maximum absolute atomic E-state index is 11.6. The zero-order valence-electron chi connectivity index (χ0n) is 7.46. The van der Waals surface area contributed by atoms with Gasteiger partial charge in [-0.05, 0) is 12.1 Å². The van der Waals surface area contributed by atoms with E-state index < -0.39 is 24.5 Å². The molecule has 0 saturated carbocycles. The molecular formula is C7H9ClNO5P. The first-order chi connectivity index (χ1) is 6.83. The Morgan fingerprint density at radius 2 is 2.27 bits per heavy atom. The number of carbonyl (C=O) groups excluding carboxylic acids is 1. The summed E-state index contributed by atoms with van der Waals surface area (Å²) in [4.78, 5) is 29.5. The van der Waals surface area contributed by atoms with Crippen LogP contribution in [0.15, 0.2) is 22.8 Å². The summed E-state index contributed by atoms with van der Waals surface area (Å²) in [5.41, 5.74) is 5.30. The molecule has 1 unspecified atom stereocenters. The molecule has 8 heteroatoms. The lowest BCUT2D eigenvalue weighted by molar-refractivity contribution is 0.0907. The standard InChI is InChI=1S/C7H9ClNO5P/c8-4-7(9,15(11,12)13)6(10)5-2-1-3-14-5/h1-3H,4,9H2,(H2,11,12,13). The number of alkyl halides is 1. The molecule has 0 aliphatic heterocycles. The third-order valence-electron chi connectivity index (χ3n) is 1.86. The van der Waals surface area contributed by atoms with Gasteiger partial charge in [0.2, 0.25) is 5.78 Å². The molecule has 0 fully saturated rings. The van der Waals surface area contributed by atoms with E-state index in [0.717, 1.165) is 0 Å². The van der Waals surface area contributed by atoms with Crippen molar-refractivity contribution in [1.82, 2.24) is 0 Å². The third kappa shape index (κ3) is 2.14. The van der Waals surface area contributed by atoms with Crippen molar-refractivity contribution in [3.63, 3.8) is 0 Å². The minimum atomic E-state index is -4.85. The van der Waals surface area contributed by atoms with Gasteiger partial charge in [-0.15, -0.1) is 11.6 Å². The summed E-state index contributed by atoms with van der Waals surface area (Å²) >= 11 is 5.33. The van der Waals surface area contributed by atoms with Crippen LogP contribution in [0.4, 0.5) is 0 Å². The third-order valence-corrected chi connectivity index (χ3v) is 3.87. The second-order valence-corrected chi connectivity index (χ2v) is 5.06. The summed E-state index contributed by atoms with van der Waals surface area (Å²) in [5, 5.41) is -2.44. The van der Waals surface area contributed by atoms with Gasteiger partial charge in [-0.25, -0.2) is 0 Å². The number of nitrogens with two attached hydrogens (primary N) is 1. The summed E-state index contributed by atoms with van der Waals surface area (Å²) in [6, 6.07) is 2.66. The lowest BCUT2D eigenvalue weighted by atomic mass is 10.2. The van der Waals surface area contributed by atoms with Crippen LogP contribution < -0.4 is 5.73 Å². The molecule has 4 N–H and O–H groups in total. The SMILES string of the molecule is NC(CCl)(C(=O)c1ccco1)P(=O)(O)O. The molecule has 0 aliphatic rings. The van der Waals surface area contributed by atoms with E-state index in [9.17, 15) is 9.36 Å². The number of carbonyl (C=O) groups is 1. The van der Waals surface area contributed by atoms with Gasteiger partial charge in [0.05, 0.1) is 12.1 Å². The fourth-order valence-corrected chi connectivity index (χ4v) is 2.01. The molecule has 1 atom stereocenters. The molecule has 1 aromatic rings. The van der Waals surface area contributed by atoms with Crippen LogP contribution in [0.1, 0.15) is 10.6 Å². The highest BCUT2D eigenvalue weighted by atomic mass is 35.5. The number of hydrogen-bond donors (Lipinski definition) is 3. The molecule has 1 rings (SSSR count). The summed E-state index contributed by atoms with van der Waals surface area (Å²) in [6.45, 7) is 0. The quantitative estimate of drug-likeness (QED) is 0.410. The topological polar surface area (TPSA) is 114 Å². The summed E-state index contributed by atoms with van der Waals surface area (Å²) in [7, 11) is -4.85. The van der Waals surface area contributed by atoms with E-state index in [4.69, 9.17) is 31.5 Å². The van der Waals surface area contributed by atoms with Gasteiger partial charge in [0.1, 0.15) is 0 Å². The molecule has 0 spiro atoms. The first-order valence-corrected chi connectivity index (χ1v) is 5.96. The normalized spacial score (nSPS) is 16.0. The first-order valence-electron chi connectivity index (χ1n) is 3.81. The summed E-state index contributed by atoms with van der Waals surface area (Å²) in [5.74, 6) is -1.95. The minimum Gasteiger partial charge on any atom is -0.461 e. The van der Waals surface area contributed by atoms with Crippen molar-refractivity contribution in [3.05, 3.63) is 24.2 Å². The number of hydrogen-bond acceptors (Lipinski definition) is 4. The second kappa shape index (κ2) is 4.08. The van der Waals surface area contributed by atoms with Crippen LogP contribution in [0, 0.1) is 0 Å². The second-order valence-electron chi connectivity index (χ2n) is 2.91. The lowest BCUT2D eigenvalue weighted by Gasteiger charge is -2.24. The highest BCUT2D eigenvalue weighted by Gasteiger charge is 2.50. The Labute approximate surface area is 90.2 Å². The van der Waals surface area contributed by atoms with E-state index in [-0.39, 0.29) is 5.76 Å². The van der Waals surface area contributed by atoms with Gasteiger partial charge in [0.15, 0.2) is 11.0 Å². The van der Waals surface area contributed by atoms with Crippen LogP contribution in [0.2, 0.25) is 0 Å². The molecule has 0 saturated heterocycles. The van der Waals surface area contributed by atoms with E-state index in [1.165, 1.54) is 18.4 Å². The Hall–Kier alpha value is -0.650. The van der Waals surface area contributed by atoms with Crippen molar-refractivity contribution < 1.29 is 23.6 Å². The Bertz CT molecular complexity index is 400. The maximum atomic E-state index is 11.6. The van der Waals surface area contributed by atoms with Gasteiger partial charge in [0.25, 0.3) is 0 Å². The number of rotatable bonds is 4. The van der Waals surface area contributed by atoms with E-state index >= 15 is 0 Å². The number of halogens is 1. The van der Waals surface area contributed by atoms with Crippen molar-refractivity contribution in [2.24, 2.45) is 5.73 Å². The molecule has 0 radical (unpaired) electrons. The van der Waals surface area contributed by atoms with Crippen LogP contribution in [0.5, 0.6) is 0 Å². The van der Waals surface area contributed by atoms with E-state index in [0.29, 0.717) is 0 Å². The average molecular weight is 254 g/mol. The van der Waals surface area contributed by atoms with E-state index in [1.54, 1.807) is 0 Å². The van der Waals surface area contributed by atoms with Crippen molar-refractivity contribution in [3.8, 4) is 0 Å². The molecular weight excluding hydrogens is 245 g/mol. The molecule has 1 heterocycles. The van der Waals surface area contributed by atoms with Crippen molar-refractivity contribution in [1.29, 1.82) is 0 Å². The predicted octanol–water partition coefficient (Wildman–Crippen LogP) is 0.534.